The van der Waals surface area contributed by atoms with E-state index in [2.05, 4.69) is 15.5 Å². The van der Waals surface area contributed by atoms with Crippen molar-refractivity contribution in [3.05, 3.63) is 47.4 Å². The number of benzene rings is 1. The van der Waals surface area contributed by atoms with E-state index in [1.54, 1.807) is 30.1 Å². The van der Waals surface area contributed by atoms with Crippen LogP contribution in [-0.4, -0.2) is 78.3 Å². The van der Waals surface area contributed by atoms with Crippen LogP contribution in [0.4, 0.5) is 28.9 Å². The SMILES string of the molecule is CN1CCC(Nc2cccc3c2CC(c2noc(CN(C)C(C=N)=CN)n2)N3CC(F)(F)F)C(F)C1. The number of anilines is 2. The molecule has 3 atom stereocenters. The van der Waals surface area contributed by atoms with Crippen LogP contribution in [0.25, 0.3) is 0 Å². The highest BCUT2D eigenvalue weighted by Crippen LogP contribution is 2.44. The molecule has 0 saturated carbocycles. The zero-order chi connectivity index (χ0) is 26.0. The summed E-state index contributed by atoms with van der Waals surface area (Å²) in [7, 11) is 3.53. The minimum absolute atomic E-state index is 0.126. The summed E-state index contributed by atoms with van der Waals surface area (Å²) in [6.45, 7) is -0.0272. The van der Waals surface area contributed by atoms with E-state index in [9.17, 15) is 17.6 Å². The third-order valence-corrected chi connectivity index (χ3v) is 6.58. The lowest BCUT2D eigenvalue weighted by molar-refractivity contribution is -0.120. The van der Waals surface area contributed by atoms with E-state index in [4.69, 9.17) is 15.7 Å². The van der Waals surface area contributed by atoms with Crippen molar-refractivity contribution < 1.29 is 22.1 Å². The van der Waals surface area contributed by atoms with Gasteiger partial charge >= 0.3 is 6.18 Å². The monoisotopic (exact) mass is 510 g/mol. The molecule has 0 radical (unpaired) electrons. The van der Waals surface area contributed by atoms with Gasteiger partial charge in [0, 0.05) is 55.9 Å². The molecule has 3 unspecified atom stereocenters. The number of nitrogens with one attached hydrogen (secondary N) is 2. The van der Waals surface area contributed by atoms with E-state index in [0.29, 0.717) is 35.6 Å². The Bertz CT molecular complexity index is 1100. The molecular weight excluding hydrogens is 480 g/mol. The number of nitrogens with two attached hydrogens (primary N) is 1. The molecule has 1 aromatic heterocycles. The van der Waals surface area contributed by atoms with Gasteiger partial charge in [0.05, 0.1) is 24.3 Å². The van der Waals surface area contributed by atoms with Crippen LogP contribution in [0.15, 0.2) is 34.6 Å². The highest BCUT2D eigenvalue weighted by atomic mass is 19.4. The Balaban J connectivity index is 1.60. The van der Waals surface area contributed by atoms with Crippen molar-refractivity contribution in [2.75, 3.05) is 43.9 Å². The maximum atomic E-state index is 14.7. The lowest BCUT2D eigenvalue weighted by Gasteiger charge is -2.33. The fourth-order valence-electron chi connectivity index (χ4n) is 4.75. The molecule has 13 heteroatoms. The molecule has 2 aliphatic rings. The lowest BCUT2D eigenvalue weighted by atomic mass is 10.0. The van der Waals surface area contributed by atoms with Crippen molar-refractivity contribution in [1.29, 1.82) is 5.41 Å². The first-order valence-electron chi connectivity index (χ1n) is 11.6. The Morgan fingerprint density at radius 1 is 1.39 bits per heavy atom. The lowest BCUT2D eigenvalue weighted by Crippen LogP contribution is -2.46. The molecule has 4 N–H and O–H groups in total. The number of likely N-dealkylation sites (tertiary alicyclic amines) is 1. The number of hydrogen-bond acceptors (Lipinski definition) is 9. The van der Waals surface area contributed by atoms with Crippen molar-refractivity contribution >= 4 is 17.6 Å². The summed E-state index contributed by atoms with van der Waals surface area (Å²) < 4.78 is 60.7. The maximum absolute atomic E-state index is 14.7. The molecule has 9 nitrogen and oxygen atoms in total. The predicted molar refractivity (Wildman–Crippen MR) is 128 cm³/mol. The zero-order valence-electron chi connectivity index (χ0n) is 20.1. The van der Waals surface area contributed by atoms with Gasteiger partial charge in [-0.25, -0.2) is 4.39 Å². The van der Waals surface area contributed by atoms with Gasteiger partial charge in [0.25, 0.3) is 0 Å². The highest BCUT2D eigenvalue weighted by Gasteiger charge is 2.42. The number of halogens is 4. The van der Waals surface area contributed by atoms with Gasteiger partial charge in [-0.3, -0.25) is 0 Å². The number of alkyl halides is 4. The van der Waals surface area contributed by atoms with Crippen molar-refractivity contribution in [3.8, 4) is 0 Å². The first-order valence-corrected chi connectivity index (χ1v) is 11.6. The molecule has 0 spiro atoms. The largest absolute Gasteiger partial charge is 0.405 e. The number of nitrogens with zero attached hydrogens (tertiary/aromatic N) is 5. The Morgan fingerprint density at radius 2 is 2.17 bits per heavy atom. The summed E-state index contributed by atoms with van der Waals surface area (Å²) in [6.07, 6.45) is -2.43. The van der Waals surface area contributed by atoms with E-state index in [0.717, 1.165) is 12.8 Å². The molecule has 0 aliphatic carbocycles. The van der Waals surface area contributed by atoms with Crippen LogP contribution in [0.5, 0.6) is 0 Å². The molecule has 2 aliphatic heterocycles. The number of piperidine rings is 1. The van der Waals surface area contributed by atoms with Crippen LogP contribution in [-0.2, 0) is 13.0 Å². The van der Waals surface area contributed by atoms with Crippen LogP contribution >= 0.6 is 0 Å². The van der Waals surface area contributed by atoms with Crippen molar-refractivity contribution in [1.82, 2.24) is 19.9 Å². The fourth-order valence-corrected chi connectivity index (χ4v) is 4.75. The van der Waals surface area contributed by atoms with Gasteiger partial charge in [0.15, 0.2) is 5.82 Å². The minimum Gasteiger partial charge on any atom is -0.403 e. The number of allylic oxidation sites excluding steroid dienone is 1. The van der Waals surface area contributed by atoms with E-state index < -0.39 is 31.0 Å². The predicted octanol–water partition coefficient (Wildman–Crippen LogP) is 3.07. The average Bonchev–Trinajstić information content (AvgIpc) is 3.41. The number of rotatable bonds is 8. The molecule has 2 aromatic rings. The van der Waals surface area contributed by atoms with Crippen molar-refractivity contribution in [3.63, 3.8) is 0 Å². The summed E-state index contributed by atoms with van der Waals surface area (Å²) in [6, 6.07) is 3.84. The molecule has 1 saturated heterocycles. The summed E-state index contributed by atoms with van der Waals surface area (Å²) >= 11 is 0. The molecule has 196 valence electrons. The van der Waals surface area contributed by atoms with Crippen molar-refractivity contribution in [2.45, 2.75) is 43.8 Å². The van der Waals surface area contributed by atoms with Crippen LogP contribution in [0.1, 0.15) is 29.7 Å². The number of hydrogen-bond donors (Lipinski definition) is 3. The van der Waals surface area contributed by atoms with Gasteiger partial charge in [-0.2, -0.15) is 18.2 Å². The Labute approximate surface area is 206 Å². The molecule has 4 rings (SSSR count). The first kappa shape index (κ1) is 25.7. The fraction of sp³-hybridized carbons (Fsp3) is 0.522. The summed E-state index contributed by atoms with van der Waals surface area (Å²) in [5.74, 6) is 0.308. The second-order valence-corrected chi connectivity index (χ2v) is 9.22. The normalized spacial score (nSPS) is 23.0. The van der Waals surface area contributed by atoms with Crippen LogP contribution < -0.4 is 16.0 Å². The number of fused-ring (bicyclic) bond motifs is 1. The summed E-state index contributed by atoms with van der Waals surface area (Å²) in [5, 5.41) is 14.6. The molecule has 0 amide bonds. The van der Waals surface area contributed by atoms with Gasteiger partial charge in [0.2, 0.25) is 5.89 Å². The Kier molecular flexibility index (Phi) is 7.38. The molecule has 3 heterocycles. The van der Waals surface area contributed by atoms with Gasteiger partial charge in [0.1, 0.15) is 12.7 Å². The van der Waals surface area contributed by atoms with Gasteiger partial charge in [-0.05, 0) is 25.6 Å². The standard InChI is InChI=1S/C23H30F4N8O/c1-33-7-6-18(16(24)11-33)30-17-4-3-5-19-15(17)8-20(35(19)13-23(25,26)27)22-31-21(36-32-22)12-34(2)14(9-28)10-29/h3-5,9-10,16,18,20,28,30H,6-8,11-13,29H2,1-2H3. The number of aromatic nitrogens is 2. The second kappa shape index (κ2) is 10.3. The van der Waals surface area contributed by atoms with Crippen molar-refractivity contribution in [2.24, 2.45) is 5.73 Å². The molecule has 1 aromatic carbocycles. The van der Waals surface area contributed by atoms with Crippen LogP contribution in [0.3, 0.4) is 0 Å². The third kappa shape index (κ3) is 5.55. The van der Waals surface area contributed by atoms with E-state index in [1.165, 1.54) is 11.1 Å². The maximum Gasteiger partial charge on any atom is 0.405 e. The molecule has 1 fully saturated rings. The second-order valence-electron chi connectivity index (χ2n) is 9.22. The highest BCUT2D eigenvalue weighted by molar-refractivity contribution is 5.74. The molecule has 36 heavy (non-hydrogen) atoms. The van der Waals surface area contributed by atoms with E-state index in [1.807, 2.05) is 11.9 Å². The Hall–Kier alpha value is -3.35. The minimum atomic E-state index is -4.46. The topological polar surface area (TPSA) is 111 Å². The van der Waals surface area contributed by atoms with Gasteiger partial charge in [-0.15, -0.1) is 0 Å². The third-order valence-electron chi connectivity index (χ3n) is 6.58. The average molecular weight is 511 g/mol. The Morgan fingerprint density at radius 3 is 2.83 bits per heavy atom. The van der Waals surface area contributed by atoms with Crippen LogP contribution in [0.2, 0.25) is 0 Å². The van der Waals surface area contributed by atoms with Crippen LogP contribution in [0, 0.1) is 5.41 Å². The summed E-state index contributed by atoms with van der Waals surface area (Å²) in [4.78, 5) is 9.11. The quantitative estimate of drug-likeness (QED) is 0.367. The summed E-state index contributed by atoms with van der Waals surface area (Å²) in [5.41, 5.74) is 7.60. The molecule has 0 bridgehead atoms. The first-order chi connectivity index (χ1) is 17.1. The van der Waals surface area contributed by atoms with E-state index >= 15 is 0 Å². The molecular formula is C23H30F4N8O. The smallest absolute Gasteiger partial charge is 0.403 e. The van der Waals surface area contributed by atoms with E-state index in [-0.39, 0.29) is 24.7 Å². The van der Waals surface area contributed by atoms with Gasteiger partial charge < -0.3 is 35.7 Å². The van der Waals surface area contributed by atoms with Gasteiger partial charge in [-0.1, -0.05) is 11.2 Å². The zero-order valence-corrected chi connectivity index (χ0v) is 20.1.